The lowest BCUT2D eigenvalue weighted by atomic mass is 10.2. The zero-order valence-electron chi connectivity index (χ0n) is 8.11. The Morgan fingerprint density at radius 2 is 2.33 bits per heavy atom. The summed E-state index contributed by atoms with van der Waals surface area (Å²) in [4.78, 5) is 7.86. The maximum Gasteiger partial charge on any atom is 0.134 e. The summed E-state index contributed by atoms with van der Waals surface area (Å²) in [5.41, 5.74) is 1.06. The lowest BCUT2D eigenvalue weighted by Crippen LogP contribution is -2.07. The van der Waals surface area contributed by atoms with Crippen molar-refractivity contribution in [2.45, 2.75) is 13.0 Å². The molecule has 5 nitrogen and oxygen atoms in total. The Morgan fingerprint density at radius 1 is 1.47 bits per heavy atom. The summed E-state index contributed by atoms with van der Waals surface area (Å²) in [5.74, 6) is 0.698. The molecular weight excluding hydrogens is 214 g/mol. The Hall–Kier alpha value is -1.62. The summed E-state index contributed by atoms with van der Waals surface area (Å²) in [6.45, 7) is 2.01. The molecule has 2 rings (SSSR count). The highest BCUT2D eigenvalue weighted by atomic mass is 35.5. The molecule has 0 saturated heterocycles. The van der Waals surface area contributed by atoms with Crippen molar-refractivity contribution in [1.29, 1.82) is 0 Å². The maximum absolute atomic E-state index is 5.74. The van der Waals surface area contributed by atoms with Gasteiger partial charge < -0.3 is 5.32 Å². The van der Waals surface area contributed by atoms with Crippen LogP contribution in [0.2, 0.25) is 5.15 Å². The molecule has 1 atom stereocenters. The Kier molecular flexibility index (Phi) is 2.82. The molecule has 0 aliphatic heterocycles. The van der Waals surface area contributed by atoms with Crippen molar-refractivity contribution in [2.24, 2.45) is 0 Å². The number of rotatable bonds is 3. The van der Waals surface area contributed by atoms with Crippen LogP contribution < -0.4 is 5.32 Å². The van der Waals surface area contributed by atoms with E-state index in [4.69, 9.17) is 11.6 Å². The molecule has 2 aromatic heterocycles. The van der Waals surface area contributed by atoms with Crippen molar-refractivity contribution in [1.82, 2.24) is 20.2 Å². The number of hydrogen-bond acceptors (Lipinski definition) is 4. The van der Waals surface area contributed by atoms with Crippen LogP contribution in [0, 0.1) is 0 Å². The van der Waals surface area contributed by atoms with E-state index in [1.54, 1.807) is 12.3 Å². The van der Waals surface area contributed by atoms with Gasteiger partial charge in [0.15, 0.2) is 0 Å². The Bertz CT molecular complexity index is 428. The molecule has 0 amide bonds. The van der Waals surface area contributed by atoms with Gasteiger partial charge in [-0.3, -0.25) is 5.10 Å². The molecule has 0 aliphatic carbocycles. The summed E-state index contributed by atoms with van der Waals surface area (Å²) < 4.78 is 0. The third-order valence-corrected chi connectivity index (χ3v) is 2.22. The van der Waals surface area contributed by atoms with Gasteiger partial charge in [-0.25, -0.2) is 9.97 Å². The van der Waals surface area contributed by atoms with Gasteiger partial charge in [-0.1, -0.05) is 11.6 Å². The lowest BCUT2D eigenvalue weighted by molar-refractivity contribution is 0.873. The van der Waals surface area contributed by atoms with Crippen LogP contribution >= 0.6 is 11.6 Å². The number of nitrogens with zero attached hydrogens (tertiary/aromatic N) is 3. The van der Waals surface area contributed by atoms with Gasteiger partial charge in [-0.2, -0.15) is 5.10 Å². The van der Waals surface area contributed by atoms with E-state index in [1.807, 2.05) is 13.1 Å². The topological polar surface area (TPSA) is 66.5 Å². The number of hydrogen-bond donors (Lipinski definition) is 2. The van der Waals surface area contributed by atoms with E-state index in [0.29, 0.717) is 11.0 Å². The van der Waals surface area contributed by atoms with E-state index in [2.05, 4.69) is 25.5 Å². The van der Waals surface area contributed by atoms with Crippen molar-refractivity contribution >= 4 is 17.4 Å². The van der Waals surface area contributed by atoms with Crippen LogP contribution in [0.3, 0.4) is 0 Å². The number of H-pyrrole nitrogens is 1. The summed E-state index contributed by atoms with van der Waals surface area (Å²) >= 11 is 5.74. The predicted molar refractivity (Wildman–Crippen MR) is 57.7 cm³/mol. The van der Waals surface area contributed by atoms with Gasteiger partial charge in [0.1, 0.15) is 17.3 Å². The number of aromatic nitrogens is 4. The van der Waals surface area contributed by atoms with Crippen LogP contribution in [-0.2, 0) is 0 Å². The quantitative estimate of drug-likeness (QED) is 0.782. The average Bonchev–Trinajstić information content (AvgIpc) is 2.70. The van der Waals surface area contributed by atoms with Crippen LogP contribution in [0.1, 0.15) is 18.5 Å². The first kappa shape index (κ1) is 9.92. The standard InChI is InChI=1S/C9H10ClN5/c1-6(7-3-13-14-4-7)15-9-2-8(10)11-5-12-9/h2-6H,1H3,(H,13,14)(H,11,12,15). The summed E-state index contributed by atoms with van der Waals surface area (Å²) in [6.07, 6.45) is 5.02. The lowest BCUT2D eigenvalue weighted by Gasteiger charge is -2.11. The van der Waals surface area contributed by atoms with Crippen molar-refractivity contribution in [3.63, 3.8) is 0 Å². The molecule has 2 aromatic rings. The van der Waals surface area contributed by atoms with Gasteiger partial charge in [0.2, 0.25) is 0 Å². The Labute approximate surface area is 91.9 Å². The molecule has 6 heteroatoms. The van der Waals surface area contributed by atoms with E-state index in [-0.39, 0.29) is 6.04 Å². The van der Waals surface area contributed by atoms with Crippen molar-refractivity contribution in [3.8, 4) is 0 Å². The Morgan fingerprint density at radius 3 is 3.00 bits per heavy atom. The zero-order chi connectivity index (χ0) is 10.7. The van der Waals surface area contributed by atoms with Crippen LogP contribution in [-0.4, -0.2) is 20.2 Å². The van der Waals surface area contributed by atoms with Crippen LogP contribution in [0.25, 0.3) is 0 Å². The van der Waals surface area contributed by atoms with Crippen molar-refractivity contribution < 1.29 is 0 Å². The molecule has 0 saturated carbocycles. The van der Waals surface area contributed by atoms with Crippen molar-refractivity contribution in [3.05, 3.63) is 35.5 Å². The highest BCUT2D eigenvalue weighted by molar-refractivity contribution is 6.29. The number of halogens is 1. The fourth-order valence-electron chi connectivity index (χ4n) is 1.22. The van der Waals surface area contributed by atoms with Gasteiger partial charge in [0.05, 0.1) is 12.2 Å². The van der Waals surface area contributed by atoms with E-state index in [9.17, 15) is 0 Å². The molecule has 1 unspecified atom stereocenters. The van der Waals surface area contributed by atoms with Crippen molar-refractivity contribution in [2.75, 3.05) is 5.32 Å². The first-order valence-corrected chi connectivity index (χ1v) is 4.86. The summed E-state index contributed by atoms with van der Waals surface area (Å²) in [7, 11) is 0. The van der Waals surface area contributed by atoms with Gasteiger partial charge in [-0.05, 0) is 6.92 Å². The molecule has 0 fully saturated rings. The first-order chi connectivity index (χ1) is 7.25. The van der Waals surface area contributed by atoms with Crippen LogP contribution in [0.4, 0.5) is 5.82 Å². The first-order valence-electron chi connectivity index (χ1n) is 4.48. The number of nitrogens with one attached hydrogen (secondary N) is 2. The van der Waals surface area contributed by atoms with Gasteiger partial charge >= 0.3 is 0 Å². The highest BCUT2D eigenvalue weighted by Crippen LogP contribution is 2.17. The van der Waals surface area contributed by atoms with E-state index in [1.165, 1.54) is 6.33 Å². The number of anilines is 1. The van der Waals surface area contributed by atoms with Crippen LogP contribution in [0.5, 0.6) is 0 Å². The molecule has 0 spiro atoms. The molecule has 2 N–H and O–H groups in total. The Balaban J connectivity index is 2.09. The zero-order valence-corrected chi connectivity index (χ0v) is 8.86. The predicted octanol–water partition coefficient (Wildman–Crippen LogP) is 2.03. The molecule has 0 radical (unpaired) electrons. The van der Waals surface area contributed by atoms with E-state index < -0.39 is 0 Å². The molecule has 0 bridgehead atoms. The third-order valence-electron chi connectivity index (χ3n) is 2.02. The molecule has 0 aromatic carbocycles. The van der Waals surface area contributed by atoms with Gasteiger partial charge in [0, 0.05) is 17.8 Å². The molecule has 0 aliphatic rings. The fourth-order valence-corrected chi connectivity index (χ4v) is 1.36. The second-order valence-electron chi connectivity index (χ2n) is 3.12. The third kappa shape index (κ3) is 2.44. The average molecular weight is 224 g/mol. The SMILES string of the molecule is CC(Nc1cc(Cl)ncn1)c1cn[nH]c1. The minimum absolute atomic E-state index is 0.120. The largest absolute Gasteiger partial charge is 0.363 e. The normalized spacial score (nSPS) is 12.4. The molecule has 2 heterocycles. The molecule has 78 valence electrons. The van der Waals surface area contributed by atoms with E-state index >= 15 is 0 Å². The minimum Gasteiger partial charge on any atom is -0.363 e. The highest BCUT2D eigenvalue weighted by Gasteiger charge is 2.06. The minimum atomic E-state index is 0.120. The van der Waals surface area contributed by atoms with Gasteiger partial charge in [0.25, 0.3) is 0 Å². The second kappa shape index (κ2) is 4.27. The maximum atomic E-state index is 5.74. The molecular formula is C9H10ClN5. The van der Waals surface area contributed by atoms with Gasteiger partial charge in [-0.15, -0.1) is 0 Å². The van der Waals surface area contributed by atoms with E-state index in [0.717, 1.165) is 5.56 Å². The summed E-state index contributed by atoms with van der Waals surface area (Å²) in [5, 5.41) is 10.3. The summed E-state index contributed by atoms with van der Waals surface area (Å²) in [6, 6.07) is 1.80. The monoisotopic (exact) mass is 223 g/mol. The fraction of sp³-hybridized carbons (Fsp3) is 0.222. The molecule has 15 heavy (non-hydrogen) atoms. The smallest absolute Gasteiger partial charge is 0.134 e. The second-order valence-corrected chi connectivity index (χ2v) is 3.51. The number of aromatic amines is 1. The van der Waals surface area contributed by atoms with Crippen LogP contribution in [0.15, 0.2) is 24.8 Å².